The molecule has 3 heterocycles. The van der Waals surface area contributed by atoms with Crippen molar-refractivity contribution >= 4 is 22.9 Å². The number of nitrogens with zero attached hydrogens (tertiary/aromatic N) is 2. The van der Waals surface area contributed by atoms with Crippen molar-refractivity contribution in [1.29, 1.82) is 0 Å². The van der Waals surface area contributed by atoms with E-state index in [0.29, 0.717) is 49.0 Å². The van der Waals surface area contributed by atoms with Gasteiger partial charge in [0.1, 0.15) is 12.4 Å². The molecular formula is C22H25N3O4S. The number of carbonyl (C=O) groups excluding carboxylic acids is 1. The van der Waals surface area contributed by atoms with E-state index in [4.69, 9.17) is 14.0 Å². The molecule has 1 fully saturated rings. The molecule has 1 amide bonds. The zero-order valence-electron chi connectivity index (χ0n) is 16.9. The quantitative estimate of drug-likeness (QED) is 0.536. The smallest absolute Gasteiger partial charge is 0.226 e. The molecule has 1 aromatic carbocycles. The lowest BCUT2D eigenvalue weighted by Crippen LogP contribution is -2.18. The number of hydrogen-bond acceptors (Lipinski definition) is 7. The van der Waals surface area contributed by atoms with E-state index in [1.807, 2.05) is 42.6 Å². The third-order valence-corrected chi connectivity index (χ3v) is 5.73. The largest absolute Gasteiger partial charge is 0.489 e. The molecule has 7 nitrogen and oxygen atoms in total. The Morgan fingerprint density at radius 2 is 2.30 bits per heavy atom. The molecule has 1 atom stereocenters. The van der Waals surface area contributed by atoms with Crippen molar-refractivity contribution in [2.75, 3.05) is 18.5 Å². The Bertz CT molecular complexity index is 965. The molecule has 2 aromatic heterocycles. The monoisotopic (exact) mass is 427 g/mol. The zero-order chi connectivity index (χ0) is 20.8. The van der Waals surface area contributed by atoms with Crippen LogP contribution in [0.5, 0.6) is 5.75 Å². The van der Waals surface area contributed by atoms with Gasteiger partial charge in [-0.25, -0.2) is 0 Å². The lowest BCUT2D eigenvalue weighted by Gasteiger charge is -2.16. The van der Waals surface area contributed by atoms with E-state index in [1.54, 1.807) is 11.3 Å². The summed E-state index contributed by atoms with van der Waals surface area (Å²) in [6.45, 7) is 3.29. The number of nitrogens with one attached hydrogen (secondary N) is 1. The van der Waals surface area contributed by atoms with Crippen LogP contribution in [0.4, 0.5) is 5.69 Å². The third kappa shape index (κ3) is 5.46. The maximum atomic E-state index is 12.4. The van der Waals surface area contributed by atoms with Crippen LogP contribution >= 0.6 is 11.3 Å². The standard InChI is InChI=1S/C22H25N3O4S/c1-15-9-10-17(18(13-15)28-14-16-5-3-11-27-16)23-20(26)7-2-8-21-24-22(25-29-21)19-6-4-12-30-19/h4,6,9-10,12-13,16H,2-3,5,7-8,11,14H2,1H3,(H,23,26). The maximum Gasteiger partial charge on any atom is 0.226 e. The van der Waals surface area contributed by atoms with Gasteiger partial charge in [-0.3, -0.25) is 4.79 Å². The molecule has 1 saturated heterocycles. The summed E-state index contributed by atoms with van der Waals surface area (Å²) in [4.78, 5) is 17.8. The van der Waals surface area contributed by atoms with E-state index in [2.05, 4.69) is 15.5 Å². The van der Waals surface area contributed by atoms with E-state index in [9.17, 15) is 4.79 Å². The first-order chi connectivity index (χ1) is 14.7. The van der Waals surface area contributed by atoms with Gasteiger partial charge in [-0.15, -0.1) is 11.3 Å². The molecule has 8 heteroatoms. The van der Waals surface area contributed by atoms with Crippen molar-refractivity contribution in [1.82, 2.24) is 10.1 Å². The van der Waals surface area contributed by atoms with Crippen LogP contribution in [0, 0.1) is 6.92 Å². The second kappa shape index (κ2) is 9.86. The molecule has 4 rings (SSSR count). The third-order valence-electron chi connectivity index (χ3n) is 4.86. The van der Waals surface area contributed by atoms with Gasteiger partial charge in [0.05, 0.1) is 16.7 Å². The highest BCUT2D eigenvalue weighted by Gasteiger charge is 2.17. The summed E-state index contributed by atoms with van der Waals surface area (Å²) >= 11 is 1.56. The topological polar surface area (TPSA) is 86.5 Å². The Morgan fingerprint density at radius 3 is 3.10 bits per heavy atom. The van der Waals surface area contributed by atoms with Crippen LogP contribution in [0.25, 0.3) is 10.7 Å². The SMILES string of the molecule is Cc1ccc(NC(=O)CCCc2nc(-c3cccs3)no2)c(OCC2CCCO2)c1. The molecule has 1 unspecified atom stereocenters. The first kappa shape index (κ1) is 20.6. The summed E-state index contributed by atoms with van der Waals surface area (Å²) < 4.78 is 16.8. The molecule has 158 valence electrons. The Hall–Kier alpha value is -2.71. The van der Waals surface area contributed by atoms with Crippen molar-refractivity contribution < 1.29 is 18.8 Å². The lowest BCUT2D eigenvalue weighted by atomic mass is 10.2. The van der Waals surface area contributed by atoms with Gasteiger partial charge < -0.3 is 19.3 Å². The lowest BCUT2D eigenvalue weighted by molar-refractivity contribution is -0.116. The molecule has 3 aromatic rings. The van der Waals surface area contributed by atoms with Crippen molar-refractivity contribution in [2.24, 2.45) is 0 Å². The number of hydrogen-bond donors (Lipinski definition) is 1. The van der Waals surface area contributed by atoms with E-state index < -0.39 is 0 Å². The number of rotatable bonds is 9. The number of amides is 1. The summed E-state index contributed by atoms with van der Waals surface area (Å²) in [7, 11) is 0. The maximum absolute atomic E-state index is 12.4. The number of ether oxygens (including phenoxy) is 2. The summed E-state index contributed by atoms with van der Waals surface area (Å²) in [5, 5.41) is 8.92. The highest BCUT2D eigenvalue weighted by atomic mass is 32.1. The fourth-order valence-electron chi connectivity index (χ4n) is 3.29. The van der Waals surface area contributed by atoms with Gasteiger partial charge >= 0.3 is 0 Å². The molecule has 0 radical (unpaired) electrons. The minimum absolute atomic E-state index is 0.0705. The normalized spacial score (nSPS) is 16.0. The number of anilines is 1. The Kier molecular flexibility index (Phi) is 6.76. The van der Waals surface area contributed by atoms with E-state index in [0.717, 1.165) is 29.9 Å². The summed E-state index contributed by atoms with van der Waals surface area (Å²) in [6.07, 6.45) is 3.74. The van der Waals surface area contributed by atoms with Gasteiger partial charge in [0.2, 0.25) is 17.6 Å². The fraction of sp³-hybridized carbons (Fsp3) is 0.409. The van der Waals surface area contributed by atoms with Crippen LogP contribution in [0.15, 0.2) is 40.2 Å². The van der Waals surface area contributed by atoms with E-state index >= 15 is 0 Å². The van der Waals surface area contributed by atoms with Gasteiger partial charge in [-0.2, -0.15) is 4.98 Å². The Labute approximate surface area is 179 Å². The first-order valence-corrected chi connectivity index (χ1v) is 11.1. The summed E-state index contributed by atoms with van der Waals surface area (Å²) in [5.74, 6) is 1.74. The molecule has 0 saturated carbocycles. The van der Waals surface area contributed by atoms with Crippen LogP contribution in [0.3, 0.4) is 0 Å². The predicted molar refractivity (Wildman–Crippen MR) is 115 cm³/mol. The van der Waals surface area contributed by atoms with E-state index in [-0.39, 0.29) is 12.0 Å². The molecule has 1 N–H and O–H groups in total. The predicted octanol–water partition coefficient (Wildman–Crippen LogP) is 4.63. The van der Waals surface area contributed by atoms with Crippen LogP contribution in [0.2, 0.25) is 0 Å². The Morgan fingerprint density at radius 1 is 1.37 bits per heavy atom. The number of carbonyl (C=O) groups is 1. The average Bonchev–Trinajstić information content (AvgIpc) is 3.50. The number of thiophene rings is 1. The van der Waals surface area contributed by atoms with Crippen molar-refractivity contribution in [2.45, 2.75) is 45.1 Å². The van der Waals surface area contributed by atoms with Crippen LogP contribution in [-0.2, 0) is 16.0 Å². The van der Waals surface area contributed by atoms with Gasteiger partial charge in [0, 0.05) is 19.4 Å². The molecule has 0 bridgehead atoms. The van der Waals surface area contributed by atoms with Gasteiger partial charge in [-0.05, 0) is 55.3 Å². The van der Waals surface area contributed by atoms with Crippen molar-refractivity contribution in [3.63, 3.8) is 0 Å². The van der Waals surface area contributed by atoms with Gasteiger partial charge in [0.25, 0.3) is 0 Å². The highest BCUT2D eigenvalue weighted by Crippen LogP contribution is 2.27. The highest BCUT2D eigenvalue weighted by molar-refractivity contribution is 7.13. The van der Waals surface area contributed by atoms with E-state index in [1.165, 1.54) is 0 Å². The zero-order valence-corrected chi connectivity index (χ0v) is 17.7. The minimum Gasteiger partial charge on any atom is -0.489 e. The second-order valence-electron chi connectivity index (χ2n) is 7.34. The minimum atomic E-state index is -0.0705. The molecule has 0 aliphatic carbocycles. The summed E-state index contributed by atoms with van der Waals surface area (Å²) in [6, 6.07) is 9.68. The van der Waals surface area contributed by atoms with Gasteiger partial charge in [-0.1, -0.05) is 17.3 Å². The number of aryl methyl sites for hydroxylation is 2. The average molecular weight is 428 g/mol. The van der Waals surface area contributed by atoms with Gasteiger partial charge in [0.15, 0.2) is 0 Å². The van der Waals surface area contributed by atoms with Crippen molar-refractivity contribution in [3.8, 4) is 16.5 Å². The number of aromatic nitrogens is 2. The van der Waals surface area contributed by atoms with Crippen LogP contribution < -0.4 is 10.1 Å². The fourth-order valence-corrected chi connectivity index (χ4v) is 3.94. The number of benzene rings is 1. The molecule has 0 spiro atoms. The molecule has 1 aliphatic rings. The Balaban J connectivity index is 1.27. The second-order valence-corrected chi connectivity index (χ2v) is 8.28. The van der Waals surface area contributed by atoms with Crippen LogP contribution in [-0.4, -0.2) is 35.4 Å². The molecular weight excluding hydrogens is 402 g/mol. The summed E-state index contributed by atoms with van der Waals surface area (Å²) in [5.41, 5.74) is 1.76. The van der Waals surface area contributed by atoms with Crippen molar-refractivity contribution in [3.05, 3.63) is 47.2 Å². The molecule has 30 heavy (non-hydrogen) atoms. The molecule has 1 aliphatic heterocycles. The van der Waals surface area contributed by atoms with Crippen LogP contribution in [0.1, 0.15) is 37.1 Å². The first-order valence-electron chi connectivity index (χ1n) is 10.2.